The number of aryl methyl sites for hydroxylation is 1. The van der Waals surface area contributed by atoms with Gasteiger partial charge in [-0.3, -0.25) is 14.4 Å². The lowest BCUT2D eigenvalue weighted by molar-refractivity contribution is -0.171. The summed E-state index contributed by atoms with van der Waals surface area (Å²) in [5.41, 5.74) is 0.418. The van der Waals surface area contributed by atoms with Gasteiger partial charge in [-0.05, 0) is 13.3 Å². The van der Waals surface area contributed by atoms with E-state index in [1.165, 1.54) is 5.56 Å². The van der Waals surface area contributed by atoms with Crippen LogP contribution in [0.15, 0.2) is 12.4 Å². The van der Waals surface area contributed by atoms with E-state index in [2.05, 4.69) is 23.1 Å². The second-order valence-corrected chi connectivity index (χ2v) is 6.81. The SMILES string of the molecule is CCCn1cc(CN2CCOC(C)(C(=O)N3CCOCC3)C2)cn1. The molecule has 0 aromatic carbocycles. The zero-order valence-corrected chi connectivity index (χ0v) is 14.7. The maximum Gasteiger partial charge on any atom is 0.256 e. The van der Waals surface area contributed by atoms with E-state index in [0.717, 1.165) is 26.1 Å². The molecule has 2 fully saturated rings. The van der Waals surface area contributed by atoms with Crippen molar-refractivity contribution < 1.29 is 14.3 Å². The quantitative estimate of drug-likeness (QED) is 0.794. The van der Waals surface area contributed by atoms with Crippen LogP contribution in [-0.4, -0.2) is 77.1 Å². The van der Waals surface area contributed by atoms with E-state index < -0.39 is 5.60 Å². The second kappa shape index (κ2) is 7.63. The highest BCUT2D eigenvalue weighted by atomic mass is 16.5. The maximum absolute atomic E-state index is 12.9. The van der Waals surface area contributed by atoms with Crippen molar-refractivity contribution in [2.24, 2.45) is 0 Å². The zero-order valence-electron chi connectivity index (χ0n) is 14.7. The summed E-state index contributed by atoms with van der Waals surface area (Å²) in [5.74, 6) is 0.0807. The average molecular weight is 336 g/mol. The first kappa shape index (κ1) is 17.4. The van der Waals surface area contributed by atoms with Gasteiger partial charge in [0.15, 0.2) is 5.60 Å². The van der Waals surface area contributed by atoms with Crippen LogP contribution in [0.2, 0.25) is 0 Å². The summed E-state index contributed by atoms with van der Waals surface area (Å²) < 4.78 is 13.2. The molecule has 1 unspecified atom stereocenters. The molecule has 0 saturated carbocycles. The van der Waals surface area contributed by atoms with Gasteiger partial charge in [0.05, 0.1) is 26.0 Å². The summed E-state index contributed by atoms with van der Waals surface area (Å²) in [7, 11) is 0. The van der Waals surface area contributed by atoms with Gasteiger partial charge >= 0.3 is 0 Å². The van der Waals surface area contributed by atoms with E-state index in [-0.39, 0.29) is 5.91 Å². The molecule has 1 amide bonds. The number of ether oxygens (including phenoxy) is 2. The molecule has 1 aromatic rings. The number of carbonyl (C=O) groups excluding carboxylic acids is 1. The van der Waals surface area contributed by atoms with E-state index in [9.17, 15) is 4.79 Å². The Balaban J connectivity index is 1.60. The largest absolute Gasteiger partial charge is 0.378 e. The summed E-state index contributed by atoms with van der Waals surface area (Å²) >= 11 is 0. The van der Waals surface area contributed by atoms with Crippen LogP contribution in [0.3, 0.4) is 0 Å². The molecule has 0 bridgehead atoms. The van der Waals surface area contributed by atoms with Crippen molar-refractivity contribution in [1.29, 1.82) is 0 Å². The maximum atomic E-state index is 12.9. The average Bonchev–Trinajstić information content (AvgIpc) is 3.02. The molecule has 2 saturated heterocycles. The number of hydrogen-bond donors (Lipinski definition) is 0. The minimum absolute atomic E-state index is 0.0807. The Kier molecular flexibility index (Phi) is 5.53. The third-order valence-electron chi connectivity index (χ3n) is 4.65. The monoisotopic (exact) mass is 336 g/mol. The molecule has 0 N–H and O–H groups in total. The lowest BCUT2D eigenvalue weighted by Crippen LogP contribution is -2.60. The number of morpholine rings is 2. The summed E-state index contributed by atoms with van der Waals surface area (Å²) in [5, 5.41) is 4.39. The predicted molar refractivity (Wildman–Crippen MR) is 89.6 cm³/mol. The van der Waals surface area contributed by atoms with Gasteiger partial charge in [-0.15, -0.1) is 0 Å². The zero-order chi connectivity index (χ0) is 17.0. The molecule has 134 valence electrons. The summed E-state index contributed by atoms with van der Waals surface area (Å²) in [4.78, 5) is 17.0. The standard InChI is InChI=1S/C17H28N4O3/c1-3-4-21-13-15(11-18-21)12-19-5-10-24-17(2,14-19)16(22)20-6-8-23-9-7-20/h11,13H,3-10,12,14H2,1-2H3. The molecule has 2 aliphatic heterocycles. The van der Waals surface area contributed by atoms with E-state index in [0.29, 0.717) is 39.5 Å². The van der Waals surface area contributed by atoms with Crippen LogP contribution in [0.4, 0.5) is 0 Å². The predicted octanol–water partition coefficient (Wildman–Crippen LogP) is 0.743. The van der Waals surface area contributed by atoms with Crippen LogP contribution >= 0.6 is 0 Å². The lowest BCUT2D eigenvalue weighted by Gasteiger charge is -2.42. The highest BCUT2D eigenvalue weighted by molar-refractivity contribution is 5.85. The highest BCUT2D eigenvalue weighted by Gasteiger charge is 2.42. The van der Waals surface area contributed by atoms with E-state index in [4.69, 9.17) is 9.47 Å². The van der Waals surface area contributed by atoms with Crippen LogP contribution in [0, 0.1) is 0 Å². The van der Waals surface area contributed by atoms with Gasteiger partial charge in [0.25, 0.3) is 5.91 Å². The normalized spacial score (nSPS) is 25.8. The molecule has 2 aliphatic rings. The van der Waals surface area contributed by atoms with Crippen LogP contribution in [-0.2, 0) is 27.4 Å². The van der Waals surface area contributed by atoms with Gasteiger partial charge in [0.1, 0.15) is 0 Å². The molecule has 0 radical (unpaired) electrons. The Bertz CT molecular complexity index is 556. The van der Waals surface area contributed by atoms with Gasteiger partial charge in [-0.1, -0.05) is 6.92 Å². The third kappa shape index (κ3) is 3.96. The van der Waals surface area contributed by atoms with Gasteiger partial charge in [0, 0.05) is 51.0 Å². The van der Waals surface area contributed by atoms with Crippen molar-refractivity contribution in [3.63, 3.8) is 0 Å². The summed E-state index contributed by atoms with van der Waals surface area (Å²) in [6, 6.07) is 0. The number of nitrogens with zero attached hydrogens (tertiary/aromatic N) is 4. The first-order chi connectivity index (χ1) is 11.6. The van der Waals surface area contributed by atoms with Crippen molar-refractivity contribution >= 4 is 5.91 Å². The van der Waals surface area contributed by atoms with Gasteiger partial charge < -0.3 is 14.4 Å². The fourth-order valence-electron chi connectivity index (χ4n) is 3.41. The number of rotatable bonds is 5. The van der Waals surface area contributed by atoms with E-state index in [1.807, 2.05) is 22.7 Å². The molecule has 1 aromatic heterocycles. The fraction of sp³-hybridized carbons (Fsp3) is 0.765. The second-order valence-electron chi connectivity index (χ2n) is 6.81. The number of amides is 1. The number of hydrogen-bond acceptors (Lipinski definition) is 5. The smallest absolute Gasteiger partial charge is 0.256 e. The molecular weight excluding hydrogens is 308 g/mol. The first-order valence-electron chi connectivity index (χ1n) is 8.85. The molecule has 24 heavy (non-hydrogen) atoms. The minimum Gasteiger partial charge on any atom is -0.378 e. The van der Waals surface area contributed by atoms with Gasteiger partial charge in [0.2, 0.25) is 0 Å². The minimum atomic E-state index is -0.769. The van der Waals surface area contributed by atoms with Crippen LogP contribution in [0.1, 0.15) is 25.8 Å². The van der Waals surface area contributed by atoms with E-state index >= 15 is 0 Å². The topological polar surface area (TPSA) is 59.8 Å². The molecule has 7 nitrogen and oxygen atoms in total. The van der Waals surface area contributed by atoms with Crippen molar-refractivity contribution in [3.8, 4) is 0 Å². The van der Waals surface area contributed by atoms with Crippen molar-refractivity contribution in [2.75, 3.05) is 46.0 Å². The fourth-order valence-corrected chi connectivity index (χ4v) is 3.41. The lowest BCUT2D eigenvalue weighted by atomic mass is 10.0. The molecule has 7 heteroatoms. The molecule has 1 atom stereocenters. The van der Waals surface area contributed by atoms with Gasteiger partial charge in [-0.2, -0.15) is 5.10 Å². The summed E-state index contributed by atoms with van der Waals surface area (Å²) in [6.45, 7) is 10.4. The Morgan fingerprint density at radius 3 is 2.83 bits per heavy atom. The van der Waals surface area contributed by atoms with E-state index in [1.54, 1.807) is 0 Å². The third-order valence-corrected chi connectivity index (χ3v) is 4.65. The molecule has 3 rings (SSSR count). The van der Waals surface area contributed by atoms with Crippen LogP contribution < -0.4 is 0 Å². The van der Waals surface area contributed by atoms with Crippen LogP contribution in [0.25, 0.3) is 0 Å². The van der Waals surface area contributed by atoms with Crippen LogP contribution in [0.5, 0.6) is 0 Å². The summed E-state index contributed by atoms with van der Waals surface area (Å²) in [6.07, 6.45) is 5.09. The van der Waals surface area contributed by atoms with Crippen molar-refractivity contribution in [3.05, 3.63) is 18.0 Å². The highest BCUT2D eigenvalue weighted by Crippen LogP contribution is 2.22. The number of carbonyl (C=O) groups is 1. The first-order valence-corrected chi connectivity index (χ1v) is 8.85. The Morgan fingerprint density at radius 1 is 1.29 bits per heavy atom. The molecule has 0 spiro atoms. The molecule has 0 aliphatic carbocycles. The Labute approximate surface area is 143 Å². The van der Waals surface area contributed by atoms with Crippen molar-refractivity contribution in [2.45, 2.75) is 39.0 Å². The van der Waals surface area contributed by atoms with Gasteiger partial charge in [-0.25, -0.2) is 0 Å². The number of aromatic nitrogens is 2. The molecule has 3 heterocycles. The molecular formula is C17H28N4O3. The Hall–Kier alpha value is -1.44. The van der Waals surface area contributed by atoms with Crippen molar-refractivity contribution in [1.82, 2.24) is 19.6 Å². The Morgan fingerprint density at radius 2 is 2.08 bits per heavy atom.